The van der Waals surface area contributed by atoms with Crippen LogP contribution in [0.5, 0.6) is 11.6 Å². The number of carbonyl (C=O) groups excluding carboxylic acids is 1. The molecule has 0 spiro atoms. The molecule has 0 bridgehead atoms. The number of nitrogens with zero attached hydrogens (tertiary/aromatic N) is 3. The first-order chi connectivity index (χ1) is 12.8. The summed E-state index contributed by atoms with van der Waals surface area (Å²) in [6.45, 7) is 1.10. The summed E-state index contributed by atoms with van der Waals surface area (Å²) in [6, 6.07) is 17.8. The first-order valence-corrected chi connectivity index (χ1v) is 8.39. The second-order valence-electron chi connectivity index (χ2n) is 6.08. The molecule has 0 aliphatic carbocycles. The van der Waals surface area contributed by atoms with Gasteiger partial charge < -0.3 is 10.1 Å². The predicted octanol–water partition coefficient (Wildman–Crippen LogP) is 2.90. The van der Waals surface area contributed by atoms with Crippen molar-refractivity contribution in [3.63, 3.8) is 0 Å². The zero-order valence-electron chi connectivity index (χ0n) is 14.1. The van der Waals surface area contributed by atoms with E-state index in [2.05, 4.69) is 32.3 Å². The number of benzene rings is 2. The molecule has 4 rings (SSSR count). The van der Waals surface area contributed by atoms with Gasteiger partial charge in [-0.15, -0.1) is 0 Å². The highest BCUT2D eigenvalue weighted by Gasteiger charge is 2.30. The number of aromatic nitrogens is 2. The van der Waals surface area contributed by atoms with Gasteiger partial charge in [-0.25, -0.2) is 4.98 Å². The van der Waals surface area contributed by atoms with Crippen LogP contribution in [0.4, 0.5) is 0 Å². The fraction of sp³-hybridized carbons (Fsp3) is 0.150. The molecule has 1 aliphatic heterocycles. The van der Waals surface area contributed by atoms with E-state index in [0.717, 1.165) is 5.56 Å². The van der Waals surface area contributed by atoms with Gasteiger partial charge in [0, 0.05) is 18.9 Å². The minimum atomic E-state index is -0.145. The Morgan fingerprint density at radius 1 is 1.08 bits per heavy atom. The maximum atomic E-state index is 11.9. The molecule has 6 heteroatoms. The molecule has 26 heavy (non-hydrogen) atoms. The third-order valence-electron chi connectivity index (χ3n) is 4.20. The van der Waals surface area contributed by atoms with Gasteiger partial charge in [-0.1, -0.05) is 42.5 Å². The van der Waals surface area contributed by atoms with Gasteiger partial charge in [0.25, 0.3) is 0 Å². The van der Waals surface area contributed by atoms with Crippen LogP contribution in [0, 0.1) is 0 Å². The van der Waals surface area contributed by atoms with Crippen LogP contribution in [0.15, 0.2) is 73.2 Å². The maximum absolute atomic E-state index is 11.9. The number of nitrogens with one attached hydrogen (secondary N) is 1. The van der Waals surface area contributed by atoms with Crippen LogP contribution in [0.1, 0.15) is 17.3 Å². The number of rotatable bonds is 5. The van der Waals surface area contributed by atoms with Crippen molar-refractivity contribution in [2.45, 2.75) is 12.7 Å². The lowest BCUT2D eigenvalue weighted by molar-refractivity contribution is -0.118. The van der Waals surface area contributed by atoms with Gasteiger partial charge in [0.1, 0.15) is 11.9 Å². The van der Waals surface area contributed by atoms with Gasteiger partial charge in [0.2, 0.25) is 11.8 Å². The minimum Gasteiger partial charge on any atom is -0.438 e. The molecule has 1 unspecified atom stereocenters. The minimum absolute atomic E-state index is 0.0332. The molecular weight excluding hydrogens is 328 g/mol. The lowest BCUT2D eigenvalue weighted by Crippen LogP contribution is -2.27. The highest BCUT2D eigenvalue weighted by Crippen LogP contribution is 2.27. The van der Waals surface area contributed by atoms with Crippen LogP contribution in [0.3, 0.4) is 0 Å². The Morgan fingerprint density at radius 2 is 1.88 bits per heavy atom. The van der Waals surface area contributed by atoms with Crippen molar-refractivity contribution in [3.8, 4) is 11.6 Å². The Hall–Kier alpha value is -3.25. The van der Waals surface area contributed by atoms with Crippen molar-refractivity contribution < 1.29 is 9.53 Å². The number of carbonyl (C=O) groups is 1. The average molecular weight is 346 g/mol. The summed E-state index contributed by atoms with van der Waals surface area (Å²) in [5.74, 6) is 1.15. The highest BCUT2D eigenvalue weighted by molar-refractivity contribution is 5.80. The molecule has 1 aromatic heterocycles. The number of amides is 1. The molecule has 2 aromatic carbocycles. The topological polar surface area (TPSA) is 67.4 Å². The van der Waals surface area contributed by atoms with Crippen molar-refractivity contribution in [2.24, 2.45) is 0 Å². The van der Waals surface area contributed by atoms with Gasteiger partial charge in [0.15, 0.2) is 0 Å². The molecular formula is C20H18N4O2. The monoisotopic (exact) mass is 346 g/mol. The smallest absolute Gasteiger partial charge is 0.237 e. The van der Waals surface area contributed by atoms with E-state index in [4.69, 9.17) is 4.74 Å². The summed E-state index contributed by atoms with van der Waals surface area (Å²) in [7, 11) is 0. The molecule has 1 amide bonds. The van der Waals surface area contributed by atoms with Crippen LogP contribution in [-0.2, 0) is 11.3 Å². The zero-order chi connectivity index (χ0) is 17.8. The Kier molecular flexibility index (Phi) is 4.57. The lowest BCUT2D eigenvalue weighted by Gasteiger charge is -2.23. The van der Waals surface area contributed by atoms with Crippen molar-refractivity contribution in [3.05, 3.63) is 84.3 Å². The summed E-state index contributed by atoms with van der Waals surface area (Å²) < 4.78 is 5.67. The fourth-order valence-corrected chi connectivity index (χ4v) is 3.00. The zero-order valence-corrected chi connectivity index (χ0v) is 14.1. The summed E-state index contributed by atoms with van der Waals surface area (Å²) in [5.41, 5.74) is 2.19. The maximum Gasteiger partial charge on any atom is 0.237 e. The molecule has 2 heterocycles. The molecule has 1 fully saturated rings. The Balaban J connectivity index is 1.49. The molecule has 130 valence electrons. The SMILES string of the molecule is O=C1CN(Cc2ccccc2)C(c2ccc(Oc3cnccn3)cc2)N1. The summed E-state index contributed by atoms with van der Waals surface area (Å²) in [5, 5.41) is 3.03. The molecule has 1 N–H and O–H groups in total. The third-order valence-corrected chi connectivity index (χ3v) is 4.20. The molecule has 3 aromatic rings. The fourth-order valence-electron chi connectivity index (χ4n) is 3.00. The van der Waals surface area contributed by atoms with E-state index in [1.807, 2.05) is 42.5 Å². The normalized spacial score (nSPS) is 17.1. The second kappa shape index (κ2) is 7.33. The van der Waals surface area contributed by atoms with E-state index in [1.165, 1.54) is 5.56 Å². The van der Waals surface area contributed by atoms with Gasteiger partial charge in [-0.3, -0.25) is 14.7 Å². The molecule has 0 saturated carbocycles. The number of hydrogen-bond donors (Lipinski definition) is 1. The standard InChI is InChI=1S/C20H18N4O2/c25-18-14-24(13-15-4-2-1-3-5-15)20(23-18)16-6-8-17(9-7-16)26-19-12-21-10-11-22-19/h1-12,20H,13-14H2,(H,23,25). The van der Waals surface area contributed by atoms with E-state index in [0.29, 0.717) is 24.7 Å². The average Bonchev–Trinajstić information content (AvgIpc) is 3.04. The Bertz CT molecular complexity index is 869. The first-order valence-electron chi connectivity index (χ1n) is 8.39. The van der Waals surface area contributed by atoms with E-state index in [-0.39, 0.29) is 12.1 Å². The molecule has 1 saturated heterocycles. The van der Waals surface area contributed by atoms with Crippen molar-refractivity contribution in [2.75, 3.05) is 6.54 Å². The van der Waals surface area contributed by atoms with Gasteiger partial charge in [0.05, 0.1) is 12.7 Å². The molecule has 1 aliphatic rings. The quantitative estimate of drug-likeness (QED) is 0.769. The molecule has 0 radical (unpaired) electrons. The second-order valence-corrected chi connectivity index (χ2v) is 6.08. The van der Waals surface area contributed by atoms with Gasteiger partial charge in [-0.05, 0) is 23.3 Å². The van der Waals surface area contributed by atoms with Crippen LogP contribution in [-0.4, -0.2) is 27.3 Å². The lowest BCUT2D eigenvalue weighted by atomic mass is 10.1. The van der Waals surface area contributed by atoms with Crippen molar-refractivity contribution in [1.82, 2.24) is 20.2 Å². The van der Waals surface area contributed by atoms with E-state index < -0.39 is 0 Å². The van der Waals surface area contributed by atoms with E-state index in [9.17, 15) is 4.79 Å². The molecule has 1 atom stereocenters. The summed E-state index contributed by atoms with van der Waals surface area (Å²) in [4.78, 5) is 22.1. The third kappa shape index (κ3) is 3.70. The van der Waals surface area contributed by atoms with Crippen LogP contribution in [0.25, 0.3) is 0 Å². The van der Waals surface area contributed by atoms with E-state index >= 15 is 0 Å². The van der Waals surface area contributed by atoms with Crippen molar-refractivity contribution in [1.29, 1.82) is 0 Å². The summed E-state index contributed by atoms with van der Waals surface area (Å²) >= 11 is 0. The Labute approximate surface area is 151 Å². The largest absolute Gasteiger partial charge is 0.438 e. The van der Waals surface area contributed by atoms with Gasteiger partial charge >= 0.3 is 0 Å². The first kappa shape index (κ1) is 16.2. The van der Waals surface area contributed by atoms with E-state index in [1.54, 1.807) is 18.6 Å². The number of ether oxygens (including phenoxy) is 1. The number of hydrogen-bond acceptors (Lipinski definition) is 5. The van der Waals surface area contributed by atoms with Crippen LogP contribution in [0.2, 0.25) is 0 Å². The van der Waals surface area contributed by atoms with Crippen LogP contribution < -0.4 is 10.1 Å². The molecule has 6 nitrogen and oxygen atoms in total. The summed E-state index contributed by atoms with van der Waals surface area (Å²) in [6.07, 6.45) is 4.60. The van der Waals surface area contributed by atoms with Gasteiger partial charge in [-0.2, -0.15) is 0 Å². The highest BCUT2D eigenvalue weighted by atomic mass is 16.5. The van der Waals surface area contributed by atoms with Crippen LogP contribution >= 0.6 is 0 Å². The Morgan fingerprint density at radius 3 is 2.62 bits per heavy atom. The predicted molar refractivity (Wildman–Crippen MR) is 96.3 cm³/mol. The van der Waals surface area contributed by atoms with Crippen molar-refractivity contribution >= 4 is 5.91 Å².